The van der Waals surface area contributed by atoms with Crippen molar-refractivity contribution in [2.45, 2.75) is 58.9 Å². The number of unbranched alkanes of at least 4 members (excludes halogenated alkanes) is 1. The molecule has 0 saturated heterocycles. The third kappa shape index (κ3) is 6.21. The SMILES string of the molecule is CCCCC(CCNC(c1ccccc1)(c1ccccc1)c1ccccc1)C(C)(C)C(=O)OCC. The fraction of sp³-hybridized carbons (Fsp3) is 0.406. The Morgan fingerprint density at radius 3 is 1.63 bits per heavy atom. The quantitative estimate of drug-likeness (QED) is 0.209. The van der Waals surface area contributed by atoms with Gasteiger partial charge in [-0.05, 0) is 62.8 Å². The van der Waals surface area contributed by atoms with Gasteiger partial charge in [-0.3, -0.25) is 10.1 Å². The fourth-order valence-electron chi connectivity index (χ4n) is 5.10. The number of esters is 1. The smallest absolute Gasteiger partial charge is 0.311 e. The Balaban J connectivity index is 1.98. The molecule has 186 valence electrons. The molecule has 0 aromatic heterocycles. The van der Waals surface area contributed by atoms with Crippen LogP contribution in [0.3, 0.4) is 0 Å². The number of nitrogens with one attached hydrogen (secondary N) is 1. The number of benzene rings is 3. The molecule has 1 unspecified atom stereocenters. The standard InChI is InChI=1S/C32H41NO2/c1-5-7-17-26(31(3,4)30(34)35-6-2)24-25-33-32(27-18-11-8-12-19-27,28-20-13-9-14-21-28)29-22-15-10-16-23-29/h8-16,18-23,26,33H,5-7,17,24-25H2,1-4H3. The highest BCUT2D eigenvalue weighted by molar-refractivity contribution is 5.76. The van der Waals surface area contributed by atoms with Crippen LogP contribution < -0.4 is 5.32 Å². The molecule has 0 aliphatic rings. The molecule has 3 aromatic rings. The first kappa shape index (κ1) is 26.7. The first-order valence-electron chi connectivity index (χ1n) is 13.1. The summed E-state index contributed by atoms with van der Waals surface area (Å²) >= 11 is 0. The Kier molecular flexibility index (Phi) is 9.68. The van der Waals surface area contributed by atoms with Crippen LogP contribution in [0.15, 0.2) is 91.0 Å². The molecule has 0 fully saturated rings. The Morgan fingerprint density at radius 2 is 1.23 bits per heavy atom. The Labute approximate surface area is 211 Å². The van der Waals surface area contributed by atoms with Crippen LogP contribution in [0.2, 0.25) is 0 Å². The highest BCUT2D eigenvalue weighted by Gasteiger charge is 2.39. The molecule has 0 heterocycles. The van der Waals surface area contributed by atoms with E-state index in [0.717, 1.165) is 32.2 Å². The van der Waals surface area contributed by atoms with Crippen molar-refractivity contribution in [2.75, 3.05) is 13.2 Å². The second-order valence-corrected chi connectivity index (χ2v) is 9.84. The molecule has 3 nitrogen and oxygen atoms in total. The lowest BCUT2D eigenvalue weighted by molar-refractivity contribution is -0.157. The molecule has 3 heteroatoms. The monoisotopic (exact) mass is 471 g/mol. The van der Waals surface area contributed by atoms with Crippen LogP contribution in [-0.2, 0) is 15.1 Å². The van der Waals surface area contributed by atoms with E-state index in [1.807, 2.05) is 20.8 Å². The maximum Gasteiger partial charge on any atom is 0.311 e. The normalized spacial score (nSPS) is 12.8. The molecule has 1 N–H and O–H groups in total. The zero-order chi connectivity index (χ0) is 25.2. The molecule has 0 radical (unpaired) electrons. The van der Waals surface area contributed by atoms with Crippen molar-refractivity contribution in [3.05, 3.63) is 108 Å². The summed E-state index contributed by atoms with van der Waals surface area (Å²) in [7, 11) is 0. The summed E-state index contributed by atoms with van der Waals surface area (Å²) in [5.41, 5.74) is 2.58. The number of carbonyl (C=O) groups is 1. The average molecular weight is 472 g/mol. The van der Waals surface area contributed by atoms with E-state index in [4.69, 9.17) is 4.74 Å². The third-order valence-corrected chi connectivity index (χ3v) is 7.23. The molecule has 0 amide bonds. The topological polar surface area (TPSA) is 38.3 Å². The number of hydrogen-bond donors (Lipinski definition) is 1. The number of carbonyl (C=O) groups excluding carboxylic acids is 1. The Morgan fingerprint density at radius 1 is 0.771 bits per heavy atom. The number of rotatable bonds is 13. The van der Waals surface area contributed by atoms with Gasteiger partial charge in [-0.15, -0.1) is 0 Å². The van der Waals surface area contributed by atoms with Gasteiger partial charge in [0.1, 0.15) is 0 Å². The number of hydrogen-bond acceptors (Lipinski definition) is 3. The van der Waals surface area contributed by atoms with Crippen molar-refractivity contribution >= 4 is 5.97 Å². The van der Waals surface area contributed by atoms with Crippen LogP contribution in [0.4, 0.5) is 0 Å². The van der Waals surface area contributed by atoms with Gasteiger partial charge in [0.15, 0.2) is 0 Å². The van der Waals surface area contributed by atoms with Crippen molar-refractivity contribution < 1.29 is 9.53 Å². The first-order chi connectivity index (χ1) is 17.0. The fourth-order valence-corrected chi connectivity index (χ4v) is 5.10. The maximum atomic E-state index is 12.9. The molecule has 0 bridgehead atoms. The zero-order valence-corrected chi connectivity index (χ0v) is 21.8. The van der Waals surface area contributed by atoms with Gasteiger partial charge >= 0.3 is 5.97 Å². The largest absolute Gasteiger partial charge is 0.466 e. The molecule has 0 aliphatic heterocycles. The molecule has 1 atom stereocenters. The zero-order valence-electron chi connectivity index (χ0n) is 21.8. The van der Waals surface area contributed by atoms with E-state index >= 15 is 0 Å². The van der Waals surface area contributed by atoms with Gasteiger partial charge < -0.3 is 4.74 Å². The molecule has 3 rings (SSSR count). The first-order valence-corrected chi connectivity index (χ1v) is 13.1. The second-order valence-electron chi connectivity index (χ2n) is 9.84. The second kappa shape index (κ2) is 12.7. The van der Waals surface area contributed by atoms with E-state index in [0.29, 0.717) is 6.61 Å². The van der Waals surface area contributed by atoms with Crippen LogP contribution in [-0.4, -0.2) is 19.1 Å². The van der Waals surface area contributed by atoms with Crippen LogP contribution in [0.1, 0.15) is 70.1 Å². The van der Waals surface area contributed by atoms with Crippen LogP contribution in [0.5, 0.6) is 0 Å². The minimum absolute atomic E-state index is 0.0958. The maximum absolute atomic E-state index is 12.9. The Bertz CT molecular complexity index is 919. The van der Waals surface area contributed by atoms with Gasteiger partial charge in [0, 0.05) is 0 Å². The van der Waals surface area contributed by atoms with Crippen molar-refractivity contribution in [2.24, 2.45) is 11.3 Å². The van der Waals surface area contributed by atoms with Crippen molar-refractivity contribution in [1.29, 1.82) is 0 Å². The molecule has 35 heavy (non-hydrogen) atoms. The van der Waals surface area contributed by atoms with Crippen molar-refractivity contribution in [1.82, 2.24) is 5.32 Å². The lowest BCUT2D eigenvalue weighted by atomic mass is 9.73. The van der Waals surface area contributed by atoms with Gasteiger partial charge in [0.25, 0.3) is 0 Å². The minimum atomic E-state index is -0.526. The van der Waals surface area contributed by atoms with Gasteiger partial charge in [-0.1, -0.05) is 111 Å². The number of ether oxygens (including phenoxy) is 1. The predicted molar refractivity (Wildman–Crippen MR) is 145 cm³/mol. The summed E-state index contributed by atoms with van der Waals surface area (Å²) in [6.45, 7) is 9.37. The van der Waals surface area contributed by atoms with Gasteiger partial charge in [-0.25, -0.2) is 0 Å². The third-order valence-electron chi connectivity index (χ3n) is 7.23. The van der Waals surface area contributed by atoms with Gasteiger partial charge in [0.2, 0.25) is 0 Å². The average Bonchev–Trinajstić information content (AvgIpc) is 2.90. The summed E-state index contributed by atoms with van der Waals surface area (Å²) in [4.78, 5) is 12.9. The van der Waals surface area contributed by atoms with E-state index in [-0.39, 0.29) is 11.9 Å². The summed E-state index contributed by atoms with van der Waals surface area (Å²) in [6, 6.07) is 32.0. The Hall–Kier alpha value is -2.91. The van der Waals surface area contributed by atoms with E-state index in [1.165, 1.54) is 16.7 Å². The molecule has 0 spiro atoms. The highest BCUT2D eigenvalue weighted by atomic mass is 16.5. The molecule has 0 saturated carbocycles. The van der Waals surface area contributed by atoms with E-state index < -0.39 is 11.0 Å². The summed E-state index contributed by atoms with van der Waals surface area (Å²) in [5.74, 6) is 0.135. The molecular formula is C32H41NO2. The highest BCUT2D eigenvalue weighted by Crippen LogP contribution is 2.38. The summed E-state index contributed by atoms with van der Waals surface area (Å²) in [6.07, 6.45) is 4.12. The van der Waals surface area contributed by atoms with Crippen molar-refractivity contribution in [3.63, 3.8) is 0 Å². The van der Waals surface area contributed by atoms with Crippen LogP contribution in [0.25, 0.3) is 0 Å². The van der Waals surface area contributed by atoms with E-state index in [1.54, 1.807) is 0 Å². The molecule has 0 aliphatic carbocycles. The molecule has 3 aromatic carbocycles. The predicted octanol–water partition coefficient (Wildman–Crippen LogP) is 7.35. The van der Waals surface area contributed by atoms with Crippen LogP contribution in [0, 0.1) is 11.3 Å². The van der Waals surface area contributed by atoms with E-state index in [2.05, 4.69) is 103 Å². The van der Waals surface area contributed by atoms with Crippen molar-refractivity contribution in [3.8, 4) is 0 Å². The van der Waals surface area contributed by atoms with Gasteiger partial charge in [-0.2, -0.15) is 0 Å². The summed E-state index contributed by atoms with van der Waals surface area (Å²) in [5, 5.41) is 3.98. The lowest BCUT2D eigenvalue weighted by Crippen LogP contribution is -2.46. The summed E-state index contributed by atoms with van der Waals surface area (Å²) < 4.78 is 5.46. The van der Waals surface area contributed by atoms with Crippen LogP contribution >= 0.6 is 0 Å². The minimum Gasteiger partial charge on any atom is -0.466 e. The van der Waals surface area contributed by atoms with Gasteiger partial charge in [0.05, 0.1) is 17.6 Å². The lowest BCUT2D eigenvalue weighted by Gasteiger charge is -2.39. The van der Waals surface area contributed by atoms with E-state index in [9.17, 15) is 4.79 Å². The molecular weight excluding hydrogens is 430 g/mol.